The predicted octanol–water partition coefficient (Wildman–Crippen LogP) is 3.51. The van der Waals surface area contributed by atoms with Gasteiger partial charge in [-0.25, -0.2) is 26.9 Å². The zero-order chi connectivity index (χ0) is 26.4. The average Bonchev–Trinajstić information content (AvgIpc) is 3.50. The van der Waals surface area contributed by atoms with Crippen LogP contribution in [0.2, 0.25) is 0 Å². The van der Waals surface area contributed by atoms with Crippen LogP contribution in [0.1, 0.15) is 37.3 Å². The maximum atomic E-state index is 13.1. The largest absolute Gasteiger partial charge is 0.375 e. The molecule has 0 unspecified atom stereocenters. The normalized spacial score (nSPS) is 18.2. The number of hydrogen-bond acceptors (Lipinski definition) is 10. The summed E-state index contributed by atoms with van der Waals surface area (Å²) in [6, 6.07) is 4.19. The van der Waals surface area contributed by atoms with Crippen molar-refractivity contribution in [2.45, 2.75) is 42.4 Å². The molecule has 0 spiro atoms. The fourth-order valence-corrected chi connectivity index (χ4v) is 6.72. The minimum atomic E-state index is -3.38. The lowest BCUT2D eigenvalue weighted by Gasteiger charge is -2.35. The first-order valence-corrected chi connectivity index (χ1v) is 14.5. The molecule has 0 atom stereocenters. The van der Waals surface area contributed by atoms with Crippen LogP contribution in [0.25, 0.3) is 21.9 Å². The maximum Gasteiger partial charge on any atom is 0.291 e. The Morgan fingerprint density at radius 1 is 1.32 bits per heavy atom. The van der Waals surface area contributed by atoms with Crippen molar-refractivity contribution in [3.05, 3.63) is 35.1 Å². The van der Waals surface area contributed by atoms with Crippen LogP contribution in [-0.2, 0) is 14.8 Å². The van der Waals surface area contributed by atoms with E-state index in [-0.39, 0.29) is 29.8 Å². The Morgan fingerprint density at radius 2 is 2.11 bits per heavy atom. The maximum absolute atomic E-state index is 13.1. The Kier molecular flexibility index (Phi) is 7.07. The first-order valence-electron chi connectivity index (χ1n) is 11.4. The van der Waals surface area contributed by atoms with E-state index >= 15 is 0 Å². The lowest BCUT2D eigenvalue weighted by Crippen LogP contribution is -2.56. The average molecular weight is 568 g/mol. The van der Waals surface area contributed by atoms with E-state index in [9.17, 15) is 22.5 Å². The SMILES string of the molecule is CC(C)S(=O)(=O)N1CC=C(c2cc(SNC3(C#N)COC3)cn3c(-c4nnc(C(F)F)s4)ncc23)CC1. The third-order valence-corrected chi connectivity index (χ3v) is 10.3. The number of halogens is 2. The fraction of sp³-hybridized carbons (Fsp3) is 0.455. The van der Waals surface area contributed by atoms with E-state index < -0.39 is 27.2 Å². The van der Waals surface area contributed by atoms with Gasteiger partial charge < -0.3 is 4.74 Å². The topological polar surface area (TPSA) is 126 Å². The molecular formula is C22H23F2N7O3S3. The number of imidazole rings is 1. The highest BCUT2D eigenvalue weighted by Gasteiger charge is 2.39. The van der Waals surface area contributed by atoms with Gasteiger partial charge in [-0.1, -0.05) is 17.4 Å². The Labute approximate surface area is 220 Å². The summed E-state index contributed by atoms with van der Waals surface area (Å²) >= 11 is 2.03. The van der Waals surface area contributed by atoms with Crippen molar-refractivity contribution in [3.8, 4) is 16.9 Å². The minimum absolute atomic E-state index is 0.252. The summed E-state index contributed by atoms with van der Waals surface area (Å²) in [5.74, 6) is 0.366. The van der Waals surface area contributed by atoms with Crippen LogP contribution in [-0.4, -0.2) is 69.4 Å². The van der Waals surface area contributed by atoms with E-state index in [1.165, 1.54) is 16.3 Å². The number of aromatic nitrogens is 4. The van der Waals surface area contributed by atoms with Crippen molar-refractivity contribution in [1.29, 1.82) is 5.26 Å². The molecule has 15 heteroatoms. The smallest absolute Gasteiger partial charge is 0.291 e. The lowest BCUT2D eigenvalue weighted by atomic mass is 10.0. The van der Waals surface area contributed by atoms with Gasteiger partial charge in [0.15, 0.2) is 21.4 Å². The van der Waals surface area contributed by atoms with Crippen LogP contribution in [0.15, 0.2) is 29.4 Å². The Morgan fingerprint density at radius 3 is 2.68 bits per heavy atom. The second-order valence-electron chi connectivity index (χ2n) is 8.99. The van der Waals surface area contributed by atoms with E-state index in [0.29, 0.717) is 18.8 Å². The number of nitriles is 1. The van der Waals surface area contributed by atoms with Crippen LogP contribution in [0.3, 0.4) is 0 Å². The Hall–Kier alpha value is -2.48. The molecule has 37 heavy (non-hydrogen) atoms. The number of pyridine rings is 1. The molecule has 3 aromatic rings. The zero-order valence-electron chi connectivity index (χ0n) is 19.9. The molecule has 0 radical (unpaired) electrons. The van der Waals surface area contributed by atoms with Crippen molar-refractivity contribution in [3.63, 3.8) is 0 Å². The molecule has 5 rings (SSSR count). The van der Waals surface area contributed by atoms with Gasteiger partial charge in [0.25, 0.3) is 6.43 Å². The quantitative estimate of drug-likeness (QED) is 0.407. The summed E-state index contributed by atoms with van der Waals surface area (Å²) in [6.07, 6.45) is 3.10. The van der Waals surface area contributed by atoms with Crippen LogP contribution in [0.5, 0.6) is 0 Å². The van der Waals surface area contributed by atoms with Crippen molar-refractivity contribution < 1.29 is 21.9 Å². The molecule has 0 saturated carbocycles. The number of hydrogen-bond donors (Lipinski definition) is 1. The van der Waals surface area contributed by atoms with E-state index in [1.54, 1.807) is 30.6 Å². The van der Waals surface area contributed by atoms with Gasteiger partial charge in [-0.2, -0.15) is 9.57 Å². The molecule has 0 bridgehead atoms. The first kappa shape index (κ1) is 26.1. The predicted molar refractivity (Wildman–Crippen MR) is 135 cm³/mol. The van der Waals surface area contributed by atoms with Gasteiger partial charge in [-0.3, -0.25) is 4.40 Å². The molecule has 1 saturated heterocycles. The van der Waals surface area contributed by atoms with Crippen LogP contribution < -0.4 is 4.72 Å². The second-order valence-corrected chi connectivity index (χ2v) is 13.4. The summed E-state index contributed by atoms with van der Waals surface area (Å²) in [4.78, 5) is 5.21. The van der Waals surface area contributed by atoms with Gasteiger partial charge in [0, 0.05) is 29.7 Å². The monoisotopic (exact) mass is 567 g/mol. The molecule has 2 aliphatic heterocycles. The van der Waals surface area contributed by atoms with Crippen LogP contribution in [0, 0.1) is 11.3 Å². The van der Waals surface area contributed by atoms with Crippen molar-refractivity contribution in [2.24, 2.45) is 0 Å². The molecule has 5 heterocycles. The Balaban J connectivity index is 1.54. The molecule has 1 N–H and O–H groups in total. The van der Waals surface area contributed by atoms with E-state index in [0.717, 1.165) is 32.9 Å². The molecule has 0 amide bonds. The molecule has 196 valence electrons. The number of sulfonamides is 1. The van der Waals surface area contributed by atoms with Crippen molar-refractivity contribution in [1.82, 2.24) is 28.6 Å². The number of nitrogens with zero attached hydrogens (tertiary/aromatic N) is 6. The molecule has 2 aliphatic rings. The van der Waals surface area contributed by atoms with Gasteiger partial charge >= 0.3 is 0 Å². The standard InChI is InChI=1S/C22H23F2N7O3S3/c1-13(2)37(32,33)30-5-3-14(4-6-30)16-7-15(36-29-22(10-25)11-34-12-22)9-31-17(16)8-26-19(31)21-28-27-20(35-21)18(23)24/h3,7-9,13,18,29H,4-6,11-12H2,1-2H3. The van der Waals surface area contributed by atoms with Crippen molar-refractivity contribution in [2.75, 3.05) is 26.3 Å². The van der Waals surface area contributed by atoms with Gasteiger partial charge in [0.2, 0.25) is 10.0 Å². The highest BCUT2D eigenvalue weighted by Crippen LogP contribution is 2.35. The van der Waals surface area contributed by atoms with E-state index in [4.69, 9.17) is 4.74 Å². The zero-order valence-corrected chi connectivity index (χ0v) is 22.3. The fourth-order valence-electron chi connectivity index (χ4n) is 3.99. The number of nitrogens with one attached hydrogen (secondary N) is 1. The van der Waals surface area contributed by atoms with E-state index in [1.807, 2.05) is 12.1 Å². The third-order valence-electron chi connectivity index (χ3n) is 6.18. The first-order chi connectivity index (χ1) is 17.6. The molecule has 3 aromatic heterocycles. The second kappa shape index (κ2) is 10.0. The molecule has 0 aliphatic carbocycles. The Bertz CT molecular complexity index is 1510. The molecule has 0 aromatic carbocycles. The summed E-state index contributed by atoms with van der Waals surface area (Å²) in [5, 5.41) is 16.4. The molecule has 1 fully saturated rings. The highest BCUT2D eigenvalue weighted by atomic mass is 32.2. The third kappa shape index (κ3) is 4.89. The van der Waals surface area contributed by atoms with Gasteiger partial charge in [-0.05, 0) is 43.9 Å². The van der Waals surface area contributed by atoms with Crippen molar-refractivity contribution >= 4 is 44.4 Å². The molecule has 10 nitrogen and oxygen atoms in total. The minimum Gasteiger partial charge on any atom is -0.375 e. The molecular weight excluding hydrogens is 544 g/mol. The van der Waals surface area contributed by atoms with Crippen LogP contribution in [0.4, 0.5) is 8.78 Å². The number of rotatable bonds is 8. The van der Waals surface area contributed by atoms with Gasteiger partial charge in [-0.15, -0.1) is 10.2 Å². The lowest BCUT2D eigenvalue weighted by molar-refractivity contribution is -0.0311. The summed E-state index contributed by atoms with van der Waals surface area (Å²) in [5.41, 5.74) is 1.71. The van der Waals surface area contributed by atoms with Crippen LogP contribution >= 0.6 is 23.3 Å². The number of alkyl halides is 2. The number of ether oxygens (including phenoxy) is 1. The van der Waals surface area contributed by atoms with E-state index in [2.05, 4.69) is 26.0 Å². The summed E-state index contributed by atoms with van der Waals surface area (Å²) < 4.78 is 63.1. The number of fused-ring (bicyclic) bond motifs is 1. The van der Waals surface area contributed by atoms with Gasteiger partial charge in [0.1, 0.15) is 0 Å². The highest BCUT2D eigenvalue weighted by molar-refractivity contribution is 7.97. The summed E-state index contributed by atoms with van der Waals surface area (Å²) in [7, 11) is -3.38. The van der Waals surface area contributed by atoms with Gasteiger partial charge in [0.05, 0.1) is 36.2 Å². The summed E-state index contributed by atoms with van der Waals surface area (Å²) in [6.45, 7) is 4.46.